The molecule has 0 N–H and O–H groups in total. The van der Waals surface area contributed by atoms with Crippen LogP contribution < -0.4 is 0 Å². The van der Waals surface area contributed by atoms with Gasteiger partial charge >= 0.3 is 0 Å². The first kappa shape index (κ1) is 16.4. The fourth-order valence-electron chi connectivity index (χ4n) is 2.85. The van der Waals surface area contributed by atoms with E-state index in [0.29, 0.717) is 5.88 Å². The van der Waals surface area contributed by atoms with Gasteiger partial charge in [0.25, 0.3) is 0 Å². The van der Waals surface area contributed by atoms with Gasteiger partial charge in [-0.05, 0) is 36.6 Å². The SMILES string of the molecule is ClCc1ccc(-c2ccc(CCCN3CCOCC3)cc2)nc1. The van der Waals surface area contributed by atoms with Crippen molar-refractivity contribution >= 4 is 11.6 Å². The lowest BCUT2D eigenvalue weighted by Gasteiger charge is -2.26. The lowest BCUT2D eigenvalue weighted by molar-refractivity contribution is 0.0375. The predicted octanol–water partition coefficient (Wildman–Crippen LogP) is 3.75. The van der Waals surface area contributed by atoms with Gasteiger partial charge in [-0.25, -0.2) is 0 Å². The lowest BCUT2D eigenvalue weighted by atomic mass is 10.0. The van der Waals surface area contributed by atoms with Crippen LogP contribution in [0.4, 0.5) is 0 Å². The van der Waals surface area contributed by atoms with Crippen molar-refractivity contribution in [1.82, 2.24) is 9.88 Å². The van der Waals surface area contributed by atoms with Crippen LogP contribution in [0.3, 0.4) is 0 Å². The monoisotopic (exact) mass is 330 g/mol. The first-order chi connectivity index (χ1) is 11.3. The lowest BCUT2D eigenvalue weighted by Crippen LogP contribution is -2.36. The molecule has 0 bridgehead atoms. The highest BCUT2D eigenvalue weighted by Crippen LogP contribution is 2.19. The molecule has 1 fully saturated rings. The standard InChI is InChI=1S/C19H23ClN2O/c20-14-17-5-8-19(21-15-17)18-6-3-16(4-7-18)2-1-9-22-10-12-23-13-11-22/h3-8,15H,1-2,9-14H2. The zero-order valence-electron chi connectivity index (χ0n) is 13.4. The smallest absolute Gasteiger partial charge is 0.0702 e. The van der Waals surface area contributed by atoms with Crippen molar-refractivity contribution in [3.05, 3.63) is 53.7 Å². The number of pyridine rings is 1. The van der Waals surface area contributed by atoms with Crippen LogP contribution >= 0.6 is 11.6 Å². The number of nitrogens with zero attached hydrogens (tertiary/aromatic N) is 2. The average Bonchev–Trinajstić information content (AvgIpc) is 2.63. The Morgan fingerprint density at radius 3 is 2.39 bits per heavy atom. The summed E-state index contributed by atoms with van der Waals surface area (Å²) in [6.45, 7) is 5.06. The van der Waals surface area contributed by atoms with Crippen molar-refractivity contribution in [2.75, 3.05) is 32.8 Å². The number of hydrogen-bond acceptors (Lipinski definition) is 3. The molecule has 1 aliphatic heterocycles. The van der Waals surface area contributed by atoms with Gasteiger partial charge in [0.05, 0.1) is 18.9 Å². The van der Waals surface area contributed by atoms with Crippen LogP contribution in [0.5, 0.6) is 0 Å². The Balaban J connectivity index is 1.51. The van der Waals surface area contributed by atoms with Gasteiger partial charge in [0, 0.05) is 30.7 Å². The maximum Gasteiger partial charge on any atom is 0.0702 e. The van der Waals surface area contributed by atoms with E-state index in [0.717, 1.165) is 56.1 Å². The van der Waals surface area contributed by atoms with Crippen LogP contribution in [-0.4, -0.2) is 42.7 Å². The highest BCUT2D eigenvalue weighted by Gasteiger charge is 2.09. The summed E-state index contributed by atoms with van der Waals surface area (Å²) in [5, 5.41) is 0. The minimum atomic E-state index is 0.509. The van der Waals surface area contributed by atoms with E-state index in [2.05, 4.69) is 34.1 Å². The first-order valence-electron chi connectivity index (χ1n) is 8.25. The molecule has 0 spiro atoms. The molecule has 4 heteroatoms. The normalized spacial score (nSPS) is 15.7. The molecule has 122 valence electrons. The molecule has 0 radical (unpaired) electrons. The van der Waals surface area contributed by atoms with Crippen LogP contribution in [0.1, 0.15) is 17.5 Å². The number of halogens is 1. The van der Waals surface area contributed by atoms with E-state index in [1.807, 2.05) is 18.3 Å². The van der Waals surface area contributed by atoms with Crippen LogP contribution in [0, 0.1) is 0 Å². The second-order valence-corrected chi connectivity index (χ2v) is 6.21. The largest absolute Gasteiger partial charge is 0.379 e. The Hall–Kier alpha value is -1.42. The summed E-state index contributed by atoms with van der Waals surface area (Å²) < 4.78 is 5.38. The molecule has 23 heavy (non-hydrogen) atoms. The van der Waals surface area contributed by atoms with Gasteiger partial charge in [0.15, 0.2) is 0 Å². The number of hydrogen-bond donors (Lipinski definition) is 0. The highest BCUT2D eigenvalue weighted by molar-refractivity contribution is 6.17. The molecular formula is C19H23ClN2O. The number of ether oxygens (including phenoxy) is 1. The highest BCUT2D eigenvalue weighted by atomic mass is 35.5. The third-order valence-corrected chi connectivity index (χ3v) is 4.58. The fourth-order valence-corrected chi connectivity index (χ4v) is 3.01. The molecule has 0 aliphatic carbocycles. The summed E-state index contributed by atoms with van der Waals surface area (Å²) >= 11 is 5.80. The van der Waals surface area contributed by atoms with Crippen molar-refractivity contribution in [2.45, 2.75) is 18.7 Å². The molecule has 3 nitrogen and oxygen atoms in total. The first-order valence-corrected chi connectivity index (χ1v) is 8.79. The zero-order chi connectivity index (χ0) is 15.9. The van der Waals surface area contributed by atoms with Gasteiger partial charge in [0.1, 0.15) is 0 Å². The van der Waals surface area contributed by atoms with Crippen LogP contribution in [0.15, 0.2) is 42.6 Å². The molecule has 1 saturated heterocycles. The third kappa shape index (κ3) is 4.77. The average molecular weight is 331 g/mol. The van der Waals surface area contributed by atoms with Gasteiger partial charge in [-0.1, -0.05) is 30.3 Å². The Labute approximate surface area is 143 Å². The van der Waals surface area contributed by atoms with E-state index >= 15 is 0 Å². The minimum absolute atomic E-state index is 0.509. The molecular weight excluding hydrogens is 308 g/mol. The quantitative estimate of drug-likeness (QED) is 0.754. The topological polar surface area (TPSA) is 25.4 Å². The van der Waals surface area contributed by atoms with Gasteiger partial charge in [-0.15, -0.1) is 11.6 Å². The Kier molecular flexibility index (Phi) is 6.03. The third-order valence-electron chi connectivity index (χ3n) is 4.27. The molecule has 0 amide bonds. The van der Waals surface area contributed by atoms with E-state index in [4.69, 9.17) is 16.3 Å². The molecule has 2 aromatic rings. The van der Waals surface area contributed by atoms with E-state index in [1.165, 1.54) is 12.0 Å². The van der Waals surface area contributed by atoms with Crippen molar-refractivity contribution < 1.29 is 4.74 Å². The molecule has 0 atom stereocenters. The Bertz CT molecular complexity index is 592. The molecule has 1 aromatic heterocycles. The molecule has 0 saturated carbocycles. The molecule has 3 rings (SSSR count). The number of aryl methyl sites for hydroxylation is 1. The van der Waals surface area contributed by atoms with Gasteiger partial charge in [-0.3, -0.25) is 9.88 Å². The maximum absolute atomic E-state index is 5.80. The Morgan fingerprint density at radius 2 is 1.74 bits per heavy atom. The summed E-state index contributed by atoms with van der Waals surface area (Å²) in [6, 6.07) is 12.8. The minimum Gasteiger partial charge on any atom is -0.379 e. The summed E-state index contributed by atoms with van der Waals surface area (Å²) in [7, 11) is 0. The van der Waals surface area contributed by atoms with E-state index < -0.39 is 0 Å². The number of aromatic nitrogens is 1. The molecule has 2 heterocycles. The number of alkyl halides is 1. The van der Waals surface area contributed by atoms with E-state index in [1.54, 1.807) is 0 Å². The zero-order valence-corrected chi connectivity index (χ0v) is 14.1. The second kappa shape index (κ2) is 8.44. The predicted molar refractivity (Wildman–Crippen MR) is 94.8 cm³/mol. The summed E-state index contributed by atoms with van der Waals surface area (Å²) in [4.78, 5) is 6.96. The number of benzene rings is 1. The van der Waals surface area contributed by atoms with Crippen molar-refractivity contribution in [1.29, 1.82) is 0 Å². The van der Waals surface area contributed by atoms with E-state index in [9.17, 15) is 0 Å². The Morgan fingerprint density at radius 1 is 1.00 bits per heavy atom. The van der Waals surface area contributed by atoms with Gasteiger partial charge in [0.2, 0.25) is 0 Å². The van der Waals surface area contributed by atoms with Gasteiger partial charge in [-0.2, -0.15) is 0 Å². The summed E-state index contributed by atoms with van der Waals surface area (Å²) in [5.74, 6) is 0.509. The van der Waals surface area contributed by atoms with Crippen LogP contribution in [0.2, 0.25) is 0 Å². The molecule has 0 unspecified atom stereocenters. The molecule has 1 aliphatic rings. The van der Waals surface area contributed by atoms with Crippen molar-refractivity contribution in [2.24, 2.45) is 0 Å². The maximum atomic E-state index is 5.80. The van der Waals surface area contributed by atoms with Gasteiger partial charge < -0.3 is 4.74 Å². The fraction of sp³-hybridized carbons (Fsp3) is 0.421. The number of morpholine rings is 1. The van der Waals surface area contributed by atoms with E-state index in [-0.39, 0.29) is 0 Å². The van der Waals surface area contributed by atoms with Crippen LogP contribution in [0.25, 0.3) is 11.3 Å². The number of rotatable bonds is 6. The molecule has 1 aromatic carbocycles. The van der Waals surface area contributed by atoms with Crippen molar-refractivity contribution in [3.8, 4) is 11.3 Å². The summed E-state index contributed by atoms with van der Waals surface area (Å²) in [5.41, 5.74) is 4.59. The van der Waals surface area contributed by atoms with Crippen molar-refractivity contribution in [3.63, 3.8) is 0 Å². The summed E-state index contributed by atoms with van der Waals surface area (Å²) in [6.07, 6.45) is 4.16. The van der Waals surface area contributed by atoms with Crippen LogP contribution in [-0.2, 0) is 17.0 Å². The second-order valence-electron chi connectivity index (χ2n) is 5.94.